The Morgan fingerprint density at radius 3 is 2.65 bits per heavy atom. The minimum absolute atomic E-state index is 0.0822. The van der Waals surface area contributed by atoms with Crippen molar-refractivity contribution in [2.45, 2.75) is 18.9 Å². The highest BCUT2D eigenvalue weighted by atomic mass is 16.3. The van der Waals surface area contributed by atoms with E-state index >= 15 is 0 Å². The molecule has 1 aromatic rings. The lowest BCUT2D eigenvalue weighted by molar-refractivity contribution is 0.0473. The largest absolute Gasteiger partial charge is 0.391 e. The molecule has 4 nitrogen and oxygen atoms in total. The molecule has 90 valence electrons. The molecule has 1 N–H and O–H groups in total. The van der Waals surface area contributed by atoms with Crippen molar-refractivity contribution in [3.63, 3.8) is 0 Å². The van der Waals surface area contributed by atoms with Crippen molar-refractivity contribution in [2.75, 3.05) is 13.1 Å². The molecule has 1 aliphatic rings. The lowest BCUT2D eigenvalue weighted by atomic mass is 10.1. The van der Waals surface area contributed by atoms with Crippen molar-refractivity contribution < 1.29 is 14.7 Å². The molecule has 0 spiro atoms. The molecule has 1 heterocycles. The van der Waals surface area contributed by atoms with Gasteiger partial charge in [-0.2, -0.15) is 0 Å². The van der Waals surface area contributed by atoms with Crippen LogP contribution in [0.4, 0.5) is 0 Å². The van der Waals surface area contributed by atoms with Crippen molar-refractivity contribution >= 4 is 12.2 Å². The summed E-state index contributed by atoms with van der Waals surface area (Å²) in [6.07, 6.45) is 1.92. The lowest BCUT2D eigenvalue weighted by Gasteiger charge is -2.30. The number of nitrogens with zero attached hydrogens (tertiary/aromatic N) is 1. The van der Waals surface area contributed by atoms with Crippen LogP contribution < -0.4 is 0 Å². The molecule has 2 rings (SSSR count). The molecular weight excluding hydrogens is 218 g/mol. The van der Waals surface area contributed by atoms with Gasteiger partial charge in [-0.1, -0.05) is 12.1 Å². The van der Waals surface area contributed by atoms with Crippen molar-refractivity contribution in [3.8, 4) is 0 Å². The quantitative estimate of drug-likeness (QED) is 0.778. The molecule has 0 bridgehead atoms. The first kappa shape index (κ1) is 11.8. The average Bonchev–Trinajstić information content (AvgIpc) is 2.38. The van der Waals surface area contributed by atoms with Crippen LogP contribution in [-0.4, -0.2) is 41.4 Å². The molecule has 1 aromatic carbocycles. The highest BCUT2D eigenvalue weighted by molar-refractivity contribution is 5.95. The Balaban J connectivity index is 2.10. The van der Waals surface area contributed by atoms with E-state index in [1.165, 1.54) is 0 Å². The molecular formula is C13H15NO3. The van der Waals surface area contributed by atoms with Gasteiger partial charge < -0.3 is 10.0 Å². The molecule has 1 saturated heterocycles. The third-order valence-corrected chi connectivity index (χ3v) is 2.98. The number of rotatable bonds is 2. The maximum Gasteiger partial charge on any atom is 0.253 e. The summed E-state index contributed by atoms with van der Waals surface area (Å²) in [7, 11) is 0. The number of hydrogen-bond acceptors (Lipinski definition) is 3. The zero-order valence-corrected chi connectivity index (χ0v) is 9.50. The lowest BCUT2D eigenvalue weighted by Crippen LogP contribution is -2.42. The Kier molecular flexibility index (Phi) is 3.54. The number of β-amino-alcohol motifs (C(OH)–C–C–N with tert-alkyl or cyclic N) is 1. The fourth-order valence-electron chi connectivity index (χ4n) is 2.03. The third kappa shape index (κ3) is 2.71. The van der Waals surface area contributed by atoms with Gasteiger partial charge in [0.05, 0.1) is 6.10 Å². The highest BCUT2D eigenvalue weighted by Crippen LogP contribution is 2.14. The highest BCUT2D eigenvalue weighted by Gasteiger charge is 2.22. The molecule has 1 amide bonds. The van der Waals surface area contributed by atoms with E-state index in [1.807, 2.05) is 0 Å². The van der Waals surface area contributed by atoms with Crippen molar-refractivity contribution in [1.82, 2.24) is 4.90 Å². The third-order valence-electron chi connectivity index (χ3n) is 2.98. The molecule has 0 aromatic heterocycles. The number of aldehydes is 1. The van der Waals surface area contributed by atoms with Crippen molar-refractivity contribution in [3.05, 3.63) is 35.4 Å². The zero-order valence-electron chi connectivity index (χ0n) is 9.50. The van der Waals surface area contributed by atoms with Crippen LogP contribution >= 0.6 is 0 Å². The molecule has 0 saturated carbocycles. The first-order valence-electron chi connectivity index (χ1n) is 5.73. The van der Waals surface area contributed by atoms with Crippen LogP contribution in [0.2, 0.25) is 0 Å². The maximum atomic E-state index is 12.1. The number of amides is 1. The van der Waals surface area contributed by atoms with Gasteiger partial charge in [0.1, 0.15) is 6.29 Å². The first-order chi connectivity index (χ1) is 8.20. The molecule has 1 fully saturated rings. The van der Waals surface area contributed by atoms with E-state index < -0.39 is 6.10 Å². The number of piperidine rings is 1. The number of carbonyl (C=O) groups is 2. The molecule has 0 aliphatic carbocycles. The summed E-state index contributed by atoms with van der Waals surface area (Å²) in [6, 6.07) is 6.54. The fraction of sp³-hybridized carbons (Fsp3) is 0.385. The minimum Gasteiger partial charge on any atom is -0.391 e. The standard InChI is InChI=1S/C13H15NO3/c15-9-10-3-5-11(6-4-10)13(17)14-7-1-2-12(16)8-14/h3-6,9,12,16H,1-2,7-8H2. The summed E-state index contributed by atoms with van der Waals surface area (Å²) >= 11 is 0. The number of aliphatic hydroxyl groups excluding tert-OH is 1. The van der Waals surface area contributed by atoms with Gasteiger partial charge in [-0.05, 0) is 25.0 Å². The Morgan fingerprint density at radius 2 is 2.06 bits per heavy atom. The van der Waals surface area contributed by atoms with Gasteiger partial charge in [0, 0.05) is 24.2 Å². The van der Waals surface area contributed by atoms with Gasteiger partial charge in [-0.25, -0.2) is 0 Å². The Morgan fingerprint density at radius 1 is 1.35 bits per heavy atom. The number of benzene rings is 1. The second-order valence-corrected chi connectivity index (χ2v) is 4.29. The van der Waals surface area contributed by atoms with Crippen LogP contribution in [0.15, 0.2) is 24.3 Å². The molecule has 17 heavy (non-hydrogen) atoms. The predicted octanol–water partition coefficient (Wildman–Crippen LogP) is 1.10. The van der Waals surface area contributed by atoms with Gasteiger partial charge in [0.2, 0.25) is 0 Å². The van der Waals surface area contributed by atoms with Crippen LogP contribution in [0.25, 0.3) is 0 Å². The van der Waals surface area contributed by atoms with Crippen LogP contribution in [0.3, 0.4) is 0 Å². The van der Waals surface area contributed by atoms with Gasteiger partial charge in [0.15, 0.2) is 0 Å². The van der Waals surface area contributed by atoms with Gasteiger partial charge in [-0.15, -0.1) is 0 Å². The Labute approximate surface area is 99.9 Å². The summed E-state index contributed by atoms with van der Waals surface area (Å²) in [5.41, 5.74) is 1.12. The van der Waals surface area contributed by atoms with E-state index in [1.54, 1.807) is 29.2 Å². The van der Waals surface area contributed by atoms with Gasteiger partial charge in [-0.3, -0.25) is 9.59 Å². The monoisotopic (exact) mass is 233 g/mol. The Hall–Kier alpha value is -1.68. The number of likely N-dealkylation sites (tertiary alicyclic amines) is 1. The van der Waals surface area contributed by atoms with Crippen molar-refractivity contribution in [2.24, 2.45) is 0 Å². The number of aliphatic hydroxyl groups is 1. The van der Waals surface area contributed by atoms with E-state index in [0.29, 0.717) is 24.2 Å². The van der Waals surface area contributed by atoms with Crippen LogP contribution in [0.5, 0.6) is 0 Å². The fourth-order valence-corrected chi connectivity index (χ4v) is 2.03. The van der Waals surface area contributed by atoms with Crippen LogP contribution in [0, 0.1) is 0 Å². The van der Waals surface area contributed by atoms with E-state index in [2.05, 4.69) is 0 Å². The van der Waals surface area contributed by atoms with E-state index in [4.69, 9.17) is 0 Å². The van der Waals surface area contributed by atoms with Crippen LogP contribution in [0.1, 0.15) is 33.6 Å². The summed E-state index contributed by atoms with van der Waals surface area (Å²) in [5, 5.41) is 9.52. The van der Waals surface area contributed by atoms with E-state index in [9.17, 15) is 14.7 Å². The SMILES string of the molecule is O=Cc1ccc(C(=O)N2CCCC(O)C2)cc1. The molecule has 4 heteroatoms. The zero-order chi connectivity index (χ0) is 12.3. The first-order valence-corrected chi connectivity index (χ1v) is 5.73. The second kappa shape index (κ2) is 5.10. The summed E-state index contributed by atoms with van der Waals surface area (Å²) < 4.78 is 0. The number of carbonyl (C=O) groups excluding carboxylic acids is 2. The molecule has 1 unspecified atom stereocenters. The summed E-state index contributed by atoms with van der Waals surface area (Å²) in [5.74, 6) is -0.0822. The minimum atomic E-state index is -0.415. The Bertz CT molecular complexity index is 413. The van der Waals surface area contributed by atoms with Gasteiger partial charge >= 0.3 is 0 Å². The smallest absolute Gasteiger partial charge is 0.253 e. The average molecular weight is 233 g/mol. The predicted molar refractivity (Wildman–Crippen MR) is 63.0 cm³/mol. The summed E-state index contributed by atoms with van der Waals surface area (Å²) in [6.45, 7) is 1.08. The van der Waals surface area contributed by atoms with Gasteiger partial charge in [0.25, 0.3) is 5.91 Å². The molecule has 1 aliphatic heterocycles. The van der Waals surface area contributed by atoms with E-state index in [0.717, 1.165) is 19.1 Å². The summed E-state index contributed by atoms with van der Waals surface area (Å²) in [4.78, 5) is 24.2. The van der Waals surface area contributed by atoms with Crippen LogP contribution in [-0.2, 0) is 0 Å². The normalized spacial score (nSPS) is 20.1. The van der Waals surface area contributed by atoms with Crippen molar-refractivity contribution in [1.29, 1.82) is 0 Å². The maximum absolute atomic E-state index is 12.1. The molecule has 0 radical (unpaired) electrons. The number of hydrogen-bond donors (Lipinski definition) is 1. The molecule has 1 atom stereocenters. The topological polar surface area (TPSA) is 57.6 Å². The second-order valence-electron chi connectivity index (χ2n) is 4.29. The van der Waals surface area contributed by atoms with E-state index in [-0.39, 0.29) is 5.91 Å².